The molecule has 1 saturated heterocycles. The van der Waals surface area contributed by atoms with Crippen molar-refractivity contribution >= 4 is 15.9 Å². The van der Waals surface area contributed by atoms with Gasteiger partial charge in [0.05, 0.1) is 12.0 Å². The highest BCUT2D eigenvalue weighted by Gasteiger charge is 2.32. The van der Waals surface area contributed by atoms with Crippen LogP contribution in [0.25, 0.3) is 0 Å². The number of carbonyl (C=O) groups excluding carboxylic acids is 1. The van der Waals surface area contributed by atoms with Gasteiger partial charge in [0.1, 0.15) is 0 Å². The number of ether oxygens (including phenoxy) is 1. The van der Waals surface area contributed by atoms with Gasteiger partial charge in [0.15, 0.2) is 11.6 Å². The molecular weight excluding hydrogens is 404 g/mol. The first kappa shape index (κ1) is 21.1. The Kier molecular flexibility index (Phi) is 6.43. The van der Waals surface area contributed by atoms with Gasteiger partial charge in [-0.05, 0) is 42.7 Å². The van der Waals surface area contributed by atoms with Crippen molar-refractivity contribution in [3.05, 3.63) is 53.7 Å². The number of pyridine rings is 1. The van der Waals surface area contributed by atoms with Gasteiger partial charge >= 0.3 is 0 Å². The number of hydrogen-bond acceptors (Lipinski definition) is 5. The Labute approximate surface area is 167 Å². The summed E-state index contributed by atoms with van der Waals surface area (Å²) in [6.45, 7) is 0.566. The second-order valence-corrected chi connectivity index (χ2v) is 8.62. The fourth-order valence-corrected chi connectivity index (χ4v) is 4.63. The third kappa shape index (κ3) is 4.88. The molecule has 0 aliphatic carbocycles. The molecule has 3 rings (SSSR count). The number of halogens is 2. The number of rotatable bonds is 6. The molecule has 1 aromatic carbocycles. The van der Waals surface area contributed by atoms with Crippen molar-refractivity contribution in [1.29, 1.82) is 0 Å². The molecule has 1 N–H and O–H groups in total. The average Bonchev–Trinajstić information content (AvgIpc) is 2.74. The number of nitrogens with one attached hydrogen (secondary N) is 1. The lowest BCUT2D eigenvalue weighted by molar-refractivity contribution is -0.126. The van der Waals surface area contributed by atoms with Crippen LogP contribution in [0.1, 0.15) is 18.4 Å². The molecule has 2 aromatic rings. The van der Waals surface area contributed by atoms with E-state index in [-0.39, 0.29) is 29.8 Å². The van der Waals surface area contributed by atoms with E-state index in [1.54, 1.807) is 18.3 Å². The topological polar surface area (TPSA) is 88.6 Å². The summed E-state index contributed by atoms with van der Waals surface area (Å²) in [6.07, 6.45) is 2.27. The molecule has 0 bridgehead atoms. The molecule has 1 fully saturated rings. The predicted molar refractivity (Wildman–Crippen MR) is 100 cm³/mol. The number of benzene rings is 1. The minimum absolute atomic E-state index is 0.127. The molecule has 1 aliphatic heterocycles. The second-order valence-electron chi connectivity index (χ2n) is 6.68. The molecule has 156 valence electrons. The maximum Gasteiger partial charge on any atom is 0.243 e. The van der Waals surface area contributed by atoms with Gasteiger partial charge in [-0.2, -0.15) is 4.31 Å². The van der Waals surface area contributed by atoms with E-state index >= 15 is 0 Å². The number of sulfonamides is 1. The predicted octanol–water partition coefficient (Wildman–Crippen LogP) is 2.09. The van der Waals surface area contributed by atoms with Gasteiger partial charge in [0, 0.05) is 37.8 Å². The number of methoxy groups -OCH3 is 1. The summed E-state index contributed by atoms with van der Waals surface area (Å²) in [5.74, 6) is -2.35. The van der Waals surface area contributed by atoms with Gasteiger partial charge < -0.3 is 10.1 Å². The zero-order valence-corrected chi connectivity index (χ0v) is 16.6. The van der Waals surface area contributed by atoms with E-state index in [1.807, 2.05) is 0 Å². The van der Waals surface area contributed by atoms with Crippen LogP contribution in [-0.4, -0.2) is 43.8 Å². The fraction of sp³-hybridized carbons (Fsp3) is 0.368. The van der Waals surface area contributed by atoms with Crippen molar-refractivity contribution in [3.8, 4) is 5.88 Å². The molecule has 29 heavy (non-hydrogen) atoms. The monoisotopic (exact) mass is 425 g/mol. The second kappa shape index (κ2) is 8.83. The zero-order chi connectivity index (χ0) is 21.0. The van der Waals surface area contributed by atoms with E-state index < -0.39 is 21.7 Å². The Morgan fingerprint density at radius 2 is 1.93 bits per heavy atom. The molecular formula is C19H21F2N3O4S. The standard InChI is InChI=1S/C19H21F2N3O4S/c1-28-18-10-13(4-7-22-18)12-23-19(25)14-5-8-24(9-6-14)29(26,27)15-2-3-16(20)17(21)11-15/h2-4,7,10-11,14H,5-6,8-9,12H2,1H3,(H,23,25). The average molecular weight is 425 g/mol. The maximum absolute atomic E-state index is 13.4. The highest BCUT2D eigenvalue weighted by atomic mass is 32.2. The van der Waals surface area contributed by atoms with Crippen LogP contribution < -0.4 is 10.1 Å². The van der Waals surface area contributed by atoms with Crippen molar-refractivity contribution in [3.63, 3.8) is 0 Å². The molecule has 0 unspecified atom stereocenters. The molecule has 7 nitrogen and oxygen atoms in total. The molecule has 1 amide bonds. The van der Waals surface area contributed by atoms with Crippen LogP contribution in [0, 0.1) is 17.6 Å². The first-order valence-electron chi connectivity index (χ1n) is 9.03. The number of hydrogen-bond donors (Lipinski definition) is 1. The van der Waals surface area contributed by atoms with Crippen molar-refractivity contribution in [2.24, 2.45) is 5.92 Å². The SMILES string of the molecule is COc1cc(CNC(=O)C2CCN(S(=O)(=O)c3ccc(F)c(F)c3)CC2)ccn1. The van der Waals surface area contributed by atoms with Crippen molar-refractivity contribution in [2.75, 3.05) is 20.2 Å². The van der Waals surface area contributed by atoms with Crippen molar-refractivity contribution < 1.29 is 26.7 Å². The minimum Gasteiger partial charge on any atom is -0.481 e. The van der Waals surface area contributed by atoms with Gasteiger partial charge in [-0.25, -0.2) is 22.2 Å². The van der Waals surface area contributed by atoms with E-state index in [2.05, 4.69) is 10.3 Å². The van der Waals surface area contributed by atoms with Gasteiger partial charge in [-0.1, -0.05) is 0 Å². The lowest BCUT2D eigenvalue weighted by Gasteiger charge is -2.30. The Bertz CT molecular complexity index is 993. The van der Waals surface area contributed by atoms with Crippen LogP contribution in [0.4, 0.5) is 8.78 Å². The van der Waals surface area contributed by atoms with E-state index in [9.17, 15) is 22.0 Å². The number of nitrogens with zero attached hydrogens (tertiary/aromatic N) is 2. The zero-order valence-electron chi connectivity index (χ0n) is 15.8. The molecule has 0 atom stereocenters. The summed E-state index contributed by atoms with van der Waals surface area (Å²) in [7, 11) is -2.43. The molecule has 1 aromatic heterocycles. The van der Waals surface area contributed by atoms with Gasteiger partial charge in [0.2, 0.25) is 21.8 Å². The molecule has 1 aliphatic rings. The lowest BCUT2D eigenvalue weighted by Crippen LogP contribution is -2.42. The third-order valence-corrected chi connectivity index (χ3v) is 6.72. The Balaban J connectivity index is 1.56. The summed E-state index contributed by atoms with van der Waals surface area (Å²) in [5, 5.41) is 2.84. The van der Waals surface area contributed by atoms with E-state index in [0.717, 1.165) is 17.7 Å². The van der Waals surface area contributed by atoms with Crippen LogP contribution in [0.2, 0.25) is 0 Å². The van der Waals surface area contributed by atoms with Crippen LogP contribution in [0.15, 0.2) is 41.4 Å². The number of amides is 1. The van der Waals surface area contributed by atoms with Crippen molar-refractivity contribution in [2.45, 2.75) is 24.3 Å². The van der Waals surface area contributed by atoms with Crippen LogP contribution in [0.5, 0.6) is 5.88 Å². The molecule has 2 heterocycles. The number of piperidine rings is 1. The summed E-state index contributed by atoms with van der Waals surface area (Å²) < 4.78 is 57.9. The molecule has 0 saturated carbocycles. The van der Waals surface area contributed by atoms with E-state index in [1.165, 1.54) is 11.4 Å². The highest BCUT2D eigenvalue weighted by Crippen LogP contribution is 2.25. The summed E-state index contributed by atoms with van der Waals surface area (Å²) >= 11 is 0. The normalized spacial score (nSPS) is 15.8. The summed E-state index contributed by atoms with van der Waals surface area (Å²) in [5.41, 5.74) is 0.837. The summed E-state index contributed by atoms with van der Waals surface area (Å²) in [6, 6.07) is 5.98. The van der Waals surface area contributed by atoms with E-state index in [0.29, 0.717) is 31.3 Å². The van der Waals surface area contributed by atoms with Gasteiger partial charge in [0.25, 0.3) is 0 Å². The van der Waals surface area contributed by atoms with Crippen LogP contribution in [0.3, 0.4) is 0 Å². The molecule has 0 spiro atoms. The largest absolute Gasteiger partial charge is 0.481 e. The maximum atomic E-state index is 13.4. The first-order chi connectivity index (χ1) is 13.8. The Morgan fingerprint density at radius 1 is 1.21 bits per heavy atom. The van der Waals surface area contributed by atoms with Crippen LogP contribution in [-0.2, 0) is 21.4 Å². The van der Waals surface area contributed by atoms with Gasteiger partial charge in [-0.3, -0.25) is 4.79 Å². The fourth-order valence-electron chi connectivity index (χ4n) is 3.15. The first-order valence-corrected chi connectivity index (χ1v) is 10.5. The van der Waals surface area contributed by atoms with E-state index in [4.69, 9.17) is 4.74 Å². The van der Waals surface area contributed by atoms with Crippen LogP contribution >= 0.6 is 0 Å². The number of carbonyl (C=O) groups is 1. The summed E-state index contributed by atoms with van der Waals surface area (Å²) in [4.78, 5) is 16.1. The highest BCUT2D eigenvalue weighted by molar-refractivity contribution is 7.89. The Hall–Kier alpha value is -2.59. The Morgan fingerprint density at radius 3 is 2.59 bits per heavy atom. The third-order valence-electron chi connectivity index (χ3n) is 4.83. The van der Waals surface area contributed by atoms with Gasteiger partial charge in [-0.15, -0.1) is 0 Å². The van der Waals surface area contributed by atoms with Crippen molar-refractivity contribution in [1.82, 2.24) is 14.6 Å². The smallest absolute Gasteiger partial charge is 0.243 e. The molecule has 0 radical (unpaired) electrons. The lowest BCUT2D eigenvalue weighted by atomic mass is 9.97. The quantitative estimate of drug-likeness (QED) is 0.766. The molecule has 10 heteroatoms. The number of aromatic nitrogens is 1. The minimum atomic E-state index is -3.94.